The highest BCUT2D eigenvalue weighted by atomic mass is 16.4. The van der Waals surface area contributed by atoms with Crippen LogP contribution in [0.5, 0.6) is 0 Å². The van der Waals surface area contributed by atoms with E-state index in [1.54, 1.807) is 18.2 Å². The van der Waals surface area contributed by atoms with Gasteiger partial charge in [-0.3, -0.25) is 9.59 Å². The molecule has 2 bridgehead atoms. The number of fused-ring (bicyclic) bond motifs is 3. The molecule has 7 nitrogen and oxygen atoms in total. The van der Waals surface area contributed by atoms with Crippen LogP contribution in [0.2, 0.25) is 0 Å². The normalized spacial score (nSPS) is 28.3. The molecule has 1 aromatic carbocycles. The number of carboxylic acid groups (broad SMARTS) is 1. The van der Waals surface area contributed by atoms with E-state index >= 15 is 0 Å². The first-order valence-electron chi connectivity index (χ1n) is 7.50. The maximum Gasteiger partial charge on any atom is 0.307 e. The van der Waals surface area contributed by atoms with E-state index in [0.717, 1.165) is 11.9 Å². The first kappa shape index (κ1) is 13.8. The second-order valence-corrected chi connectivity index (χ2v) is 6.18. The van der Waals surface area contributed by atoms with Crippen molar-refractivity contribution in [1.82, 2.24) is 9.97 Å². The fourth-order valence-corrected chi connectivity index (χ4v) is 3.85. The number of aromatic nitrogens is 2. The standard InChI is InChI=1S/C16H16N4O3/c17-16-19-10-4-3-9(6-11(10)20-16)18-14(21)12-7-1-2-8(5-7)13(12)15(22)23/h1-4,6-8,12-13H,5H2,(H,18,21)(H,22,23)(H3,17,19,20)/t7?,8?,12-,13+/m1/s1. The van der Waals surface area contributed by atoms with Crippen LogP contribution in [0.25, 0.3) is 11.0 Å². The molecule has 2 aliphatic rings. The molecule has 7 heteroatoms. The molecular formula is C16H16N4O3. The molecule has 4 atom stereocenters. The van der Waals surface area contributed by atoms with Gasteiger partial charge < -0.3 is 21.1 Å². The molecule has 23 heavy (non-hydrogen) atoms. The summed E-state index contributed by atoms with van der Waals surface area (Å²) in [5, 5.41) is 12.3. The molecule has 5 N–H and O–H groups in total. The summed E-state index contributed by atoms with van der Waals surface area (Å²) in [7, 11) is 0. The van der Waals surface area contributed by atoms with Crippen molar-refractivity contribution in [2.45, 2.75) is 6.42 Å². The van der Waals surface area contributed by atoms with Gasteiger partial charge in [0.1, 0.15) is 0 Å². The first-order chi connectivity index (χ1) is 11.0. The number of rotatable bonds is 3. The van der Waals surface area contributed by atoms with Crippen molar-refractivity contribution in [3.63, 3.8) is 0 Å². The molecule has 0 spiro atoms. The molecule has 1 fully saturated rings. The Hall–Kier alpha value is -2.83. The number of H-pyrrole nitrogens is 1. The molecule has 118 valence electrons. The molecule has 2 aliphatic carbocycles. The molecule has 1 heterocycles. The molecule has 0 saturated heterocycles. The van der Waals surface area contributed by atoms with E-state index in [0.29, 0.717) is 17.2 Å². The van der Waals surface area contributed by atoms with Crippen LogP contribution in [-0.2, 0) is 9.59 Å². The largest absolute Gasteiger partial charge is 0.481 e. The number of carbonyl (C=O) groups is 2. The number of carboxylic acids is 1. The molecule has 1 saturated carbocycles. The molecule has 2 unspecified atom stereocenters. The number of aromatic amines is 1. The minimum absolute atomic E-state index is 0.00706. The minimum atomic E-state index is -0.904. The Morgan fingerprint density at radius 1 is 1.26 bits per heavy atom. The van der Waals surface area contributed by atoms with Gasteiger partial charge >= 0.3 is 5.97 Å². The second kappa shape index (κ2) is 4.84. The third kappa shape index (κ3) is 2.16. The van der Waals surface area contributed by atoms with E-state index < -0.39 is 17.8 Å². The summed E-state index contributed by atoms with van der Waals surface area (Å²) in [5.41, 5.74) is 7.65. The van der Waals surface area contributed by atoms with Gasteiger partial charge in [0.05, 0.1) is 22.9 Å². The van der Waals surface area contributed by atoms with E-state index in [1.807, 2.05) is 12.2 Å². The van der Waals surface area contributed by atoms with Gasteiger partial charge in [-0.15, -0.1) is 0 Å². The number of imidazole rings is 1. The first-order valence-corrected chi connectivity index (χ1v) is 7.50. The number of allylic oxidation sites excluding steroid dienone is 2. The number of aliphatic carboxylic acids is 1. The lowest BCUT2D eigenvalue weighted by molar-refractivity contribution is -0.146. The smallest absolute Gasteiger partial charge is 0.307 e. The second-order valence-electron chi connectivity index (χ2n) is 6.18. The summed E-state index contributed by atoms with van der Waals surface area (Å²) in [4.78, 5) is 31.1. The lowest BCUT2D eigenvalue weighted by Gasteiger charge is -2.23. The molecule has 0 radical (unpaired) electrons. The van der Waals surface area contributed by atoms with Crippen LogP contribution in [0.3, 0.4) is 0 Å². The minimum Gasteiger partial charge on any atom is -0.481 e. The number of carbonyl (C=O) groups excluding carboxylic acids is 1. The summed E-state index contributed by atoms with van der Waals surface area (Å²) in [6, 6.07) is 5.24. The molecule has 1 amide bonds. The van der Waals surface area contributed by atoms with Crippen LogP contribution >= 0.6 is 0 Å². The van der Waals surface area contributed by atoms with Crippen LogP contribution in [-0.4, -0.2) is 27.0 Å². The van der Waals surface area contributed by atoms with Crippen molar-refractivity contribution >= 4 is 34.5 Å². The van der Waals surface area contributed by atoms with Crippen molar-refractivity contribution in [2.75, 3.05) is 11.1 Å². The van der Waals surface area contributed by atoms with E-state index in [4.69, 9.17) is 5.73 Å². The Balaban J connectivity index is 1.58. The van der Waals surface area contributed by atoms with Gasteiger partial charge in [-0.25, -0.2) is 4.98 Å². The highest BCUT2D eigenvalue weighted by molar-refractivity contribution is 5.97. The van der Waals surface area contributed by atoms with E-state index in [2.05, 4.69) is 15.3 Å². The number of hydrogen-bond acceptors (Lipinski definition) is 4. The van der Waals surface area contributed by atoms with Gasteiger partial charge in [-0.2, -0.15) is 0 Å². The van der Waals surface area contributed by atoms with Gasteiger partial charge in [0.2, 0.25) is 5.91 Å². The maximum absolute atomic E-state index is 12.6. The van der Waals surface area contributed by atoms with Gasteiger partial charge in [-0.05, 0) is 36.5 Å². The topological polar surface area (TPSA) is 121 Å². The number of amides is 1. The Kier molecular flexibility index (Phi) is 2.90. The number of nitrogens with one attached hydrogen (secondary N) is 2. The van der Waals surface area contributed by atoms with Crippen molar-refractivity contribution in [3.05, 3.63) is 30.4 Å². The number of nitrogens with zero attached hydrogens (tertiary/aromatic N) is 1. The van der Waals surface area contributed by atoms with Crippen molar-refractivity contribution in [2.24, 2.45) is 23.7 Å². The van der Waals surface area contributed by atoms with Gasteiger partial charge in [0.15, 0.2) is 5.95 Å². The van der Waals surface area contributed by atoms with E-state index in [1.165, 1.54) is 0 Å². The van der Waals surface area contributed by atoms with Crippen molar-refractivity contribution in [1.29, 1.82) is 0 Å². The Bertz CT molecular complexity index is 841. The molecule has 4 rings (SSSR count). The van der Waals surface area contributed by atoms with E-state index in [9.17, 15) is 14.7 Å². The van der Waals surface area contributed by atoms with E-state index in [-0.39, 0.29) is 17.7 Å². The molecule has 1 aromatic heterocycles. The molecule has 0 aliphatic heterocycles. The number of hydrogen-bond donors (Lipinski definition) is 4. The summed E-state index contributed by atoms with van der Waals surface area (Å²) >= 11 is 0. The lowest BCUT2D eigenvalue weighted by atomic mass is 9.82. The maximum atomic E-state index is 12.6. The van der Waals surface area contributed by atoms with Gasteiger partial charge in [-0.1, -0.05) is 12.2 Å². The third-order valence-corrected chi connectivity index (χ3v) is 4.81. The van der Waals surface area contributed by atoms with Crippen LogP contribution in [0.1, 0.15) is 6.42 Å². The average molecular weight is 312 g/mol. The van der Waals surface area contributed by atoms with Crippen molar-refractivity contribution < 1.29 is 14.7 Å². The highest BCUT2D eigenvalue weighted by Gasteiger charge is 2.51. The fourth-order valence-electron chi connectivity index (χ4n) is 3.85. The Morgan fingerprint density at radius 3 is 2.74 bits per heavy atom. The zero-order valence-electron chi connectivity index (χ0n) is 12.2. The number of anilines is 2. The zero-order valence-corrected chi connectivity index (χ0v) is 12.2. The van der Waals surface area contributed by atoms with Crippen molar-refractivity contribution in [3.8, 4) is 0 Å². The number of nitrogens with two attached hydrogens (primary N) is 1. The predicted octanol–water partition coefficient (Wildman–Crippen LogP) is 1.61. The fraction of sp³-hybridized carbons (Fsp3) is 0.312. The van der Waals surface area contributed by atoms with Crippen LogP contribution in [0, 0.1) is 23.7 Å². The average Bonchev–Trinajstić information content (AvgIpc) is 3.18. The lowest BCUT2D eigenvalue weighted by Crippen LogP contribution is -2.36. The quantitative estimate of drug-likeness (QED) is 0.641. The van der Waals surface area contributed by atoms with Gasteiger partial charge in [0.25, 0.3) is 0 Å². The Morgan fingerprint density at radius 2 is 2.00 bits per heavy atom. The summed E-state index contributed by atoms with van der Waals surface area (Å²) in [6.45, 7) is 0. The third-order valence-electron chi connectivity index (χ3n) is 4.81. The summed E-state index contributed by atoms with van der Waals surface area (Å²) in [5.74, 6) is -2.04. The SMILES string of the molecule is Nc1nc2ccc(NC(=O)[C@@H]3C4C=CC(C4)[C@@H]3C(=O)O)cc2[nH]1. The monoisotopic (exact) mass is 312 g/mol. The Labute approximate surface area is 131 Å². The number of nitrogen functional groups attached to an aromatic ring is 1. The molecule has 2 aromatic rings. The van der Waals surface area contributed by atoms with Crippen LogP contribution < -0.4 is 11.1 Å². The van der Waals surface area contributed by atoms with Gasteiger partial charge in [0, 0.05) is 5.69 Å². The zero-order chi connectivity index (χ0) is 16.1. The van der Waals surface area contributed by atoms with Crippen LogP contribution in [0.4, 0.5) is 11.6 Å². The number of benzene rings is 1. The van der Waals surface area contributed by atoms with Crippen LogP contribution in [0.15, 0.2) is 30.4 Å². The predicted molar refractivity (Wildman–Crippen MR) is 84.5 cm³/mol. The molecular weight excluding hydrogens is 296 g/mol. The summed E-state index contributed by atoms with van der Waals surface area (Å²) < 4.78 is 0. The highest BCUT2D eigenvalue weighted by Crippen LogP contribution is 2.48. The summed E-state index contributed by atoms with van der Waals surface area (Å²) in [6.07, 6.45) is 4.63.